The minimum Gasteiger partial charge on any atom is -0.481 e. The molecule has 0 bridgehead atoms. The summed E-state index contributed by atoms with van der Waals surface area (Å²) >= 11 is 0. The lowest BCUT2D eigenvalue weighted by Gasteiger charge is -2.35. The van der Waals surface area contributed by atoms with Gasteiger partial charge in [0.05, 0.1) is 12.0 Å². The smallest absolute Gasteiger partial charge is 0.309 e. The van der Waals surface area contributed by atoms with Gasteiger partial charge in [-0.15, -0.1) is 0 Å². The van der Waals surface area contributed by atoms with Gasteiger partial charge in [0.1, 0.15) is 0 Å². The van der Waals surface area contributed by atoms with Crippen molar-refractivity contribution in [2.75, 3.05) is 19.7 Å². The topological polar surface area (TPSA) is 66.8 Å². The van der Waals surface area contributed by atoms with Gasteiger partial charge in [-0.05, 0) is 51.2 Å². The number of carboxylic acid groups (broad SMARTS) is 1. The van der Waals surface area contributed by atoms with Crippen molar-refractivity contribution in [2.45, 2.75) is 39.2 Å². The summed E-state index contributed by atoms with van der Waals surface area (Å²) in [5.41, 5.74) is 2.93. The summed E-state index contributed by atoms with van der Waals surface area (Å²) in [4.78, 5) is 25.9. The third-order valence-corrected chi connectivity index (χ3v) is 5.21. The van der Waals surface area contributed by atoms with E-state index in [9.17, 15) is 14.7 Å². The number of aliphatic carboxylic acids is 1. The predicted octanol–water partition coefficient (Wildman–Crippen LogP) is 2.65. The Morgan fingerprint density at radius 3 is 2.29 bits per heavy atom. The number of hydrogen-bond donors (Lipinski definition) is 1. The second-order valence-corrected chi connectivity index (χ2v) is 7.07. The molecular weight excluding hydrogens is 306 g/mol. The standard InChI is InChI=1S/C19H25NO4/c1-12-9-13(2)11-15(10-12)18(21)20-6-3-14(4-7-20)17-16(19(22)23)5-8-24-17/h9-11,14,16-17H,3-8H2,1-2H3,(H,22,23)/t16?,17-/m0/s1. The van der Waals surface area contributed by atoms with Gasteiger partial charge in [0.15, 0.2) is 0 Å². The number of amides is 1. The van der Waals surface area contributed by atoms with Gasteiger partial charge in [0, 0.05) is 25.3 Å². The number of likely N-dealkylation sites (tertiary alicyclic amines) is 1. The Hall–Kier alpha value is -1.88. The summed E-state index contributed by atoms with van der Waals surface area (Å²) < 4.78 is 5.69. The lowest BCUT2D eigenvalue weighted by Crippen LogP contribution is -2.43. The normalized spacial score (nSPS) is 25.0. The second kappa shape index (κ2) is 6.93. The Morgan fingerprint density at radius 2 is 1.71 bits per heavy atom. The van der Waals surface area contributed by atoms with Crippen LogP contribution >= 0.6 is 0 Å². The van der Waals surface area contributed by atoms with Crippen LogP contribution in [0.25, 0.3) is 0 Å². The van der Waals surface area contributed by atoms with E-state index in [1.807, 2.05) is 30.9 Å². The first-order valence-electron chi connectivity index (χ1n) is 8.67. The number of benzene rings is 1. The molecule has 5 nitrogen and oxygen atoms in total. The molecule has 0 saturated carbocycles. The molecule has 3 rings (SSSR count). The number of piperidine rings is 1. The van der Waals surface area contributed by atoms with Crippen molar-refractivity contribution in [1.82, 2.24) is 4.90 Å². The van der Waals surface area contributed by atoms with Crippen LogP contribution in [0.3, 0.4) is 0 Å². The number of carbonyl (C=O) groups excluding carboxylic acids is 1. The van der Waals surface area contributed by atoms with Crippen LogP contribution in [-0.4, -0.2) is 47.7 Å². The summed E-state index contributed by atoms with van der Waals surface area (Å²) in [5.74, 6) is -0.845. The Kier molecular flexibility index (Phi) is 4.90. The third kappa shape index (κ3) is 3.46. The van der Waals surface area contributed by atoms with E-state index in [4.69, 9.17) is 4.74 Å². The molecule has 130 valence electrons. The Morgan fingerprint density at radius 1 is 1.08 bits per heavy atom. The average Bonchev–Trinajstić information content (AvgIpc) is 3.03. The van der Waals surface area contributed by atoms with Gasteiger partial charge in [0.25, 0.3) is 5.91 Å². The molecule has 0 aliphatic carbocycles. The van der Waals surface area contributed by atoms with Gasteiger partial charge < -0.3 is 14.7 Å². The number of rotatable bonds is 3. The zero-order chi connectivity index (χ0) is 17.3. The largest absolute Gasteiger partial charge is 0.481 e. The van der Waals surface area contributed by atoms with Crippen molar-refractivity contribution >= 4 is 11.9 Å². The van der Waals surface area contributed by atoms with E-state index in [2.05, 4.69) is 6.07 Å². The quantitative estimate of drug-likeness (QED) is 0.924. The summed E-state index contributed by atoms with van der Waals surface area (Å²) in [6.07, 6.45) is 2.03. The van der Waals surface area contributed by atoms with Gasteiger partial charge >= 0.3 is 5.97 Å². The van der Waals surface area contributed by atoms with Crippen molar-refractivity contribution in [2.24, 2.45) is 11.8 Å². The van der Waals surface area contributed by atoms with Crippen LogP contribution in [0.4, 0.5) is 0 Å². The Labute approximate surface area is 142 Å². The van der Waals surface area contributed by atoms with Crippen molar-refractivity contribution in [1.29, 1.82) is 0 Å². The monoisotopic (exact) mass is 331 g/mol. The van der Waals surface area contributed by atoms with Crippen LogP contribution in [0.2, 0.25) is 0 Å². The van der Waals surface area contributed by atoms with E-state index in [0.717, 1.165) is 29.5 Å². The molecule has 1 amide bonds. The molecule has 1 N–H and O–H groups in total. The zero-order valence-corrected chi connectivity index (χ0v) is 14.3. The Bertz CT molecular complexity index is 614. The van der Waals surface area contributed by atoms with Crippen molar-refractivity contribution < 1.29 is 19.4 Å². The zero-order valence-electron chi connectivity index (χ0n) is 14.3. The number of carboxylic acids is 1. The molecule has 1 aromatic carbocycles. The van der Waals surface area contributed by atoms with E-state index in [1.165, 1.54) is 0 Å². The fourth-order valence-corrected chi connectivity index (χ4v) is 4.05. The summed E-state index contributed by atoms with van der Waals surface area (Å²) in [7, 11) is 0. The van der Waals surface area contributed by atoms with E-state index in [0.29, 0.717) is 26.1 Å². The molecule has 2 aliphatic heterocycles. The molecule has 5 heteroatoms. The van der Waals surface area contributed by atoms with E-state index in [1.54, 1.807) is 0 Å². The molecule has 2 aliphatic rings. The van der Waals surface area contributed by atoms with Gasteiger partial charge in [0.2, 0.25) is 0 Å². The second-order valence-electron chi connectivity index (χ2n) is 7.07. The first-order valence-corrected chi connectivity index (χ1v) is 8.67. The molecule has 2 fully saturated rings. The van der Waals surface area contributed by atoms with Crippen LogP contribution in [0, 0.1) is 25.7 Å². The minimum absolute atomic E-state index is 0.0716. The number of carbonyl (C=O) groups is 2. The molecule has 1 aromatic rings. The van der Waals surface area contributed by atoms with Crippen molar-refractivity contribution in [3.63, 3.8) is 0 Å². The summed E-state index contributed by atoms with van der Waals surface area (Å²) in [6.45, 7) is 5.87. The highest BCUT2D eigenvalue weighted by Gasteiger charge is 2.40. The molecule has 0 spiro atoms. The van der Waals surface area contributed by atoms with E-state index < -0.39 is 11.9 Å². The minimum atomic E-state index is -0.758. The van der Waals surface area contributed by atoms with Crippen LogP contribution < -0.4 is 0 Å². The van der Waals surface area contributed by atoms with Crippen LogP contribution in [-0.2, 0) is 9.53 Å². The number of aryl methyl sites for hydroxylation is 2. The highest BCUT2D eigenvalue weighted by Crippen LogP contribution is 2.33. The fourth-order valence-electron chi connectivity index (χ4n) is 4.05. The maximum atomic E-state index is 12.7. The third-order valence-electron chi connectivity index (χ3n) is 5.21. The molecule has 24 heavy (non-hydrogen) atoms. The molecule has 2 heterocycles. The van der Waals surface area contributed by atoms with E-state index >= 15 is 0 Å². The molecule has 2 atom stereocenters. The number of hydrogen-bond acceptors (Lipinski definition) is 3. The fraction of sp³-hybridized carbons (Fsp3) is 0.579. The summed E-state index contributed by atoms with van der Waals surface area (Å²) in [6, 6.07) is 5.93. The molecule has 2 saturated heterocycles. The molecular formula is C19H25NO4. The highest BCUT2D eigenvalue weighted by molar-refractivity contribution is 5.94. The first kappa shape index (κ1) is 17.0. The number of ether oxygens (including phenoxy) is 1. The van der Waals surface area contributed by atoms with Gasteiger partial charge in [-0.3, -0.25) is 9.59 Å². The lowest BCUT2D eigenvalue weighted by atomic mass is 9.84. The van der Waals surface area contributed by atoms with Crippen LogP contribution in [0.15, 0.2) is 18.2 Å². The van der Waals surface area contributed by atoms with E-state index in [-0.39, 0.29) is 17.9 Å². The van der Waals surface area contributed by atoms with Crippen LogP contribution in [0.5, 0.6) is 0 Å². The maximum absolute atomic E-state index is 12.7. The maximum Gasteiger partial charge on any atom is 0.309 e. The SMILES string of the molecule is Cc1cc(C)cc(C(=O)N2CCC([C@@H]3OCCC3C(=O)O)CC2)c1. The van der Waals surface area contributed by atoms with Gasteiger partial charge in [-0.1, -0.05) is 17.2 Å². The molecule has 0 aromatic heterocycles. The van der Waals surface area contributed by atoms with Crippen molar-refractivity contribution in [3.05, 3.63) is 34.9 Å². The van der Waals surface area contributed by atoms with Crippen LogP contribution in [0.1, 0.15) is 40.7 Å². The molecule has 1 unspecified atom stereocenters. The Balaban J connectivity index is 1.62. The highest BCUT2D eigenvalue weighted by atomic mass is 16.5. The van der Waals surface area contributed by atoms with Crippen molar-refractivity contribution in [3.8, 4) is 0 Å². The summed E-state index contributed by atoms with van der Waals surface area (Å²) in [5, 5.41) is 9.31. The first-order chi connectivity index (χ1) is 11.5. The molecule has 0 radical (unpaired) electrons. The number of nitrogens with zero attached hydrogens (tertiary/aromatic N) is 1. The predicted molar refractivity (Wildman–Crippen MR) is 90.0 cm³/mol. The lowest BCUT2D eigenvalue weighted by molar-refractivity contribution is -0.145. The van der Waals surface area contributed by atoms with Gasteiger partial charge in [-0.25, -0.2) is 0 Å². The van der Waals surface area contributed by atoms with Gasteiger partial charge in [-0.2, -0.15) is 0 Å². The average molecular weight is 331 g/mol.